The fraction of sp³-hybridized carbons (Fsp3) is 0.118. The SMILES string of the molecule is Cc1ccc(-n2c(=O)c3ccccc3n3cnnc23)c(C)c1. The Bertz CT molecular complexity index is 1080. The van der Waals surface area contributed by atoms with Crippen molar-refractivity contribution in [3.8, 4) is 5.69 Å². The summed E-state index contributed by atoms with van der Waals surface area (Å²) in [6, 6.07) is 13.5. The Morgan fingerprint density at radius 3 is 2.68 bits per heavy atom. The monoisotopic (exact) mass is 290 g/mol. The zero-order valence-corrected chi connectivity index (χ0v) is 12.3. The smallest absolute Gasteiger partial charge is 0.267 e. The molecule has 0 saturated carbocycles. The van der Waals surface area contributed by atoms with Crippen LogP contribution < -0.4 is 5.56 Å². The van der Waals surface area contributed by atoms with E-state index in [0.29, 0.717) is 11.2 Å². The van der Waals surface area contributed by atoms with Gasteiger partial charge < -0.3 is 0 Å². The summed E-state index contributed by atoms with van der Waals surface area (Å²) in [7, 11) is 0. The zero-order chi connectivity index (χ0) is 15.3. The predicted molar refractivity (Wildman–Crippen MR) is 85.6 cm³/mol. The van der Waals surface area contributed by atoms with Gasteiger partial charge in [0.15, 0.2) is 0 Å². The van der Waals surface area contributed by atoms with E-state index in [9.17, 15) is 4.79 Å². The predicted octanol–water partition coefficient (Wildman–Crippen LogP) is 2.65. The molecule has 4 rings (SSSR count). The number of hydrogen-bond donors (Lipinski definition) is 0. The molecule has 0 amide bonds. The largest absolute Gasteiger partial charge is 0.268 e. The minimum Gasteiger partial charge on any atom is -0.268 e. The van der Waals surface area contributed by atoms with Gasteiger partial charge in [0.2, 0.25) is 5.78 Å². The van der Waals surface area contributed by atoms with Crippen molar-refractivity contribution in [2.45, 2.75) is 13.8 Å². The molecule has 0 fully saturated rings. The molecule has 2 aromatic heterocycles. The molecule has 0 atom stereocenters. The lowest BCUT2D eigenvalue weighted by Gasteiger charge is -2.12. The molecule has 108 valence electrons. The molecule has 5 nitrogen and oxygen atoms in total. The van der Waals surface area contributed by atoms with Crippen molar-refractivity contribution in [1.82, 2.24) is 19.2 Å². The fourth-order valence-electron chi connectivity index (χ4n) is 2.90. The lowest BCUT2D eigenvalue weighted by Crippen LogP contribution is -2.22. The molecule has 22 heavy (non-hydrogen) atoms. The maximum atomic E-state index is 13.0. The first kappa shape index (κ1) is 12.8. The van der Waals surface area contributed by atoms with E-state index in [1.165, 1.54) is 0 Å². The molecule has 0 spiro atoms. The molecular weight excluding hydrogens is 276 g/mol. The molecule has 0 radical (unpaired) electrons. The Balaban J connectivity index is 2.23. The van der Waals surface area contributed by atoms with Gasteiger partial charge in [-0.3, -0.25) is 9.20 Å². The Labute approximate surface area is 126 Å². The van der Waals surface area contributed by atoms with E-state index in [0.717, 1.165) is 22.3 Å². The maximum absolute atomic E-state index is 13.0. The van der Waals surface area contributed by atoms with Gasteiger partial charge in [-0.25, -0.2) is 4.57 Å². The number of aromatic nitrogens is 4. The van der Waals surface area contributed by atoms with E-state index in [1.807, 2.05) is 54.6 Å². The Morgan fingerprint density at radius 1 is 1.05 bits per heavy atom. The third-order valence-corrected chi connectivity index (χ3v) is 3.92. The number of para-hydroxylation sites is 1. The standard InChI is InChI=1S/C17H14N4O/c1-11-7-8-14(12(2)9-11)21-16(22)13-5-3-4-6-15(13)20-10-18-19-17(20)21/h3-10H,1-2H3. The van der Waals surface area contributed by atoms with Crippen molar-refractivity contribution in [2.75, 3.05) is 0 Å². The van der Waals surface area contributed by atoms with Gasteiger partial charge in [0.05, 0.1) is 16.6 Å². The number of aryl methyl sites for hydroxylation is 2. The summed E-state index contributed by atoms with van der Waals surface area (Å²) in [4.78, 5) is 13.0. The second kappa shape index (κ2) is 4.53. The van der Waals surface area contributed by atoms with Gasteiger partial charge in [-0.05, 0) is 37.6 Å². The van der Waals surface area contributed by atoms with E-state index in [4.69, 9.17) is 0 Å². The average Bonchev–Trinajstić information content (AvgIpc) is 2.99. The number of nitrogens with zero attached hydrogens (tertiary/aromatic N) is 4. The zero-order valence-electron chi connectivity index (χ0n) is 12.3. The molecule has 0 aliphatic carbocycles. The first-order valence-electron chi connectivity index (χ1n) is 7.08. The van der Waals surface area contributed by atoms with Crippen LogP contribution in [-0.2, 0) is 0 Å². The topological polar surface area (TPSA) is 52.2 Å². The molecule has 0 bridgehead atoms. The highest BCUT2D eigenvalue weighted by Gasteiger charge is 2.14. The third-order valence-electron chi connectivity index (χ3n) is 3.92. The molecule has 2 heterocycles. The number of benzene rings is 2. The van der Waals surface area contributed by atoms with Crippen LogP contribution in [0.4, 0.5) is 0 Å². The summed E-state index contributed by atoms with van der Waals surface area (Å²) in [5.74, 6) is 0.524. The van der Waals surface area contributed by atoms with Crippen molar-refractivity contribution >= 4 is 16.7 Å². The van der Waals surface area contributed by atoms with Gasteiger partial charge in [-0.2, -0.15) is 0 Å². The third kappa shape index (κ3) is 1.69. The molecule has 2 aromatic carbocycles. The van der Waals surface area contributed by atoms with Crippen LogP contribution in [0, 0.1) is 13.8 Å². The molecule has 4 aromatic rings. The lowest BCUT2D eigenvalue weighted by molar-refractivity contribution is 0.956. The Hall–Kier alpha value is -2.95. The van der Waals surface area contributed by atoms with Crippen LogP contribution >= 0.6 is 0 Å². The van der Waals surface area contributed by atoms with Crippen molar-refractivity contribution < 1.29 is 0 Å². The Kier molecular flexibility index (Phi) is 2.63. The molecule has 0 unspecified atom stereocenters. The minimum atomic E-state index is -0.0805. The van der Waals surface area contributed by atoms with Gasteiger partial charge in [0.1, 0.15) is 6.33 Å². The van der Waals surface area contributed by atoms with E-state index in [-0.39, 0.29) is 5.56 Å². The van der Waals surface area contributed by atoms with Crippen LogP contribution in [-0.4, -0.2) is 19.2 Å². The van der Waals surface area contributed by atoms with Crippen LogP contribution in [0.1, 0.15) is 11.1 Å². The number of rotatable bonds is 1. The average molecular weight is 290 g/mol. The summed E-state index contributed by atoms with van der Waals surface area (Å²) in [6.07, 6.45) is 1.64. The van der Waals surface area contributed by atoms with Gasteiger partial charge in [0.25, 0.3) is 5.56 Å². The van der Waals surface area contributed by atoms with Crippen LogP contribution in [0.25, 0.3) is 22.4 Å². The van der Waals surface area contributed by atoms with Crippen molar-refractivity contribution in [3.63, 3.8) is 0 Å². The molecule has 0 N–H and O–H groups in total. The fourth-order valence-corrected chi connectivity index (χ4v) is 2.90. The highest BCUT2D eigenvalue weighted by molar-refractivity contribution is 5.80. The Morgan fingerprint density at radius 2 is 1.86 bits per heavy atom. The lowest BCUT2D eigenvalue weighted by atomic mass is 10.1. The second-order valence-corrected chi connectivity index (χ2v) is 5.45. The molecular formula is C17H14N4O. The number of fused-ring (bicyclic) bond motifs is 3. The van der Waals surface area contributed by atoms with Crippen LogP contribution in [0.5, 0.6) is 0 Å². The summed E-state index contributed by atoms with van der Waals surface area (Å²) in [6.45, 7) is 4.03. The summed E-state index contributed by atoms with van der Waals surface area (Å²) >= 11 is 0. The highest BCUT2D eigenvalue weighted by Crippen LogP contribution is 2.19. The summed E-state index contributed by atoms with van der Waals surface area (Å²) in [5.41, 5.74) is 3.76. The maximum Gasteiger partial charge on any atom is 0.267 e. The van der Waals surface area contributed by atoms with Gasteiger partial charge in [0, 0.05) is 0 Å². The number of hydrogen-bond acceptors (Lipinski definition) is 3. The van der Waals surface area contributed by atoms with E-state index >= 15 is 0 Å². The van der Waals surface area contributed by atoms with Gasteiger partial charge >= 0.3 is 0 Å². The quantitative estimate of drug-likeness (QED) is 0.541. The van der Waals surface area contributed by atoms with Crippen LogP contribution in [0.3, 0.4) is 0 Å². The molecule has 0 saturated heterocycles. The first-order valence-corrected chi connectivity index (χ1v) is 7.08. The van der Waals surface area contributed by atoms with Gasteiger partial charge in [-0.15, -0.1) is 10.2 Å². The minimum absolute atomic E-state index is 0.0805. The van der Waals surface area contributed by atoms with Crippen LogP contribution in [0.15, 0.2) is 53.6 Å². The van der Waals surface area contributed by atoms with E-state index in [1.54, 1.807) is 10.9 Å². The summed E-state index contributed by atoms with van der Waals surface area (Å²) in [5, 5.41) is 8.77. The van der Waals surface area contributed by atoms with Crippen molar-refractivity contribution in [1.29, 1.82) is 0 Å². The van der Waals surface area contributed by atoms with Crippen LogP contribution in [0.2, 0.25) is 0 Å². The highest BCUT2D eigenvalue weighted by atomic mass is 16.1. The van der Waals surface area contributed by atoms with Crippen molar-refractivity contribution in [3.05, 3.63) is 70.3 Å². The van der Waals surface area contributed by atoms with E-state index < -0.39 is 0 Å². The normalized spacial score (nSPS) is 11.4. The summed E-state index contributed by atoms with van der Waals surface area (Å²) < 4.78 is 3.47. The molecule has 0 aliphatic rings. The second-order valence-electron chi connectivity index (χ2n) is 5.45. The van der Waals surface area contributed by atoms with Crippen molar-refractivity contribution in [2.24, 2.45) is 0 Å². The van der Waals surface area contributed by atoms with Gasteiger partial charge in [-0.1, -0.05) is 29.8 Å². The first-order chi connectivity index (χ1) is 10.7. The molecule has 5 heteroatoms. The molecule has 0 aliphatic heterocycles. The van der Waals surface area contributed by atoms with E-state index in [2.05, 4.69) is 16.3 Å².